The fourth-order valence-electron chi connectivity index (χ4n) is 4.93. The highest BCUT2D eigenvalue weighted by atomic mass is 19.1. The van der Waals surface area contributed by atoms with Gasteiger partial charge in [0.15, 0.2) is 0 Å². The van der Waals surface area contributed by atoms with Gasteiger partial charge in [-0.15, -0.1) is 0 Å². The fraction of sp³-hybridized carbons (Fsp3) is 0.417. The van der Waals surface area contributed by atoms with Gasteiger partial charge in [-0.25, -0.2) is 9.18 Å². The van der Waals surface area contributed by atoms with Crippen molar-refractivity contribution in [2.24, 2.45) is 0 Å². The number of piperazine rings is 1. The van der Waals surface area contributed by atoms with Crippen LogP contribution in [0.15, 0.2) is 53.3 Å². The van der Waals surface area contributed by atoms with E-state index in [2.05, 4.69) is 14.8 Å². The van der Waals surface area contributed by atoms with Crippen molar-refractivity contribution in [3.8, 4) is 0 Å². The summed E-state index contributed by atoms with van der Waals surface area (Å²) in [5.74, 6) is -0.0765. The van der Waals surface area contributed by atoms with E-state index in [1.165, 1.54) is 12.1 Å². The Morgan fingerprint density at radius 2 is 1.62 bits per heavy atom. The first-order valence-corrected chi connectivity index (χ1v) is 11.3. The van der Waals surface area contributed by atoms with Gasteiger partial charge in [-0.3, -0.25) is 14.3 Å². The molecule has 0 saturated carbocycles. The fourth-order valence-corrected chi connectivity index (χ4v) is 4.93. The molecule has 32 heavy (non-hydrogen) atoms. The molecule has 168 valence electrons. The number of amides is 1. The first kappa shape index (κ1) is 20.8. The van der Waals surface area contributed by atoms with E-state index in [0.717, 1.165) is 55.7 Å². The van der Waals surface area contributed by atoms with Gasteiger partial charge < -0.3 is 14.8 Å². The smallest absolute Gasteiger partial charge is 0.326 e. The summed E-state index contributed by atoms with van der Waals surface area (Å²) in [6.07, 6.45) is 1.71. The number of anilines is 1. The zero-order valence-electron chi connectivity index (χ0n) is 18.0. The number of aromatic nitrogens is 2. The Bertz CT molecular complexity index is 1140. The van der Waals surface area contributed by atoms with Gasteiger partial charge in [0.1, 0.15) is 5.82 Å². The van der Waals surface area contributed by atoms with Crippen LogP contribution in [0, 0.1) is 5.82 Å². The first-order chi connectivity index (χ1) is 15.6. The van der Waals surface area contributed by atoms with Crippen LogP contribution < -0.4 is 10.6 Å². The number of benzene rings is 2. The minimum absolute atomic E-state index is 0.0558. The standard InChI is InChI=1S/C24H28FN5O2/c25-18-5-7-19(8-6-18)28-13-15-29(16-14-28)23(31)17-27-11-9-20(10-12-27)30-22-4-2-1-3-21(22)26-24(30)32/h1-8,20H,9-17H2,(H,26,32). The van der Waals surface area contributed by atoms with Crippen LogP contribution in [0.1, 0.15) is 18.9 Å². The van der Waals surface area contributed by atoms with Crippen molar-refractivity contribution in [2.75, 3.05) is 50.7 Å². The van der Waals surface area contributed by atoms with Gasteiger partial charge in [-0.05, 0) is 49.2 Å². The Kier molecular flexibility index (Phi) is 5.70. The number of nitrogens with zero attached hydrogens (tertiary/aromatic N) is 4. The Hall–Kier alpha value is -3.13. The molecular weight excluding hydrogens is 409 g/mol. The molecular formula is C24H28FN5O2. The van der Waals surface area contributed by atoms with Crippen LogP contribution in [0.5, 0.6) is 0 Å². The van der Waals surface area contributed by atoms with Crippen LogP contribution in [0.25, 0.3) is 11.0 Å². The average Bonchev–Trinajstić information content (AvgIpc) is 3.16. The summed E-state index contributed by atoms with van der Waals surface area (Å²) in [6.45, 7) is 4.89. The largest absolute Gasteiger partial charge is 0.368 e. The monoisotopic (exact) mass is 437 g/mol. The van der Waals surface area contributed by atoms with E-state index in [0.29, 0.717) is 19.6 Å². The van der Waals surface area contributed by atoms with E-state index in [4.69, 9.17) is 0 Å². The van der Waals surface area contributed by atoms with Gasteiger partial charge in [0.25, 0.3) is 0 Å². The minimum atomic E-state index is -0.235. The number of nitrogens with one attached hydrogen (secondary N) is 1. The number of hydrogen-bond acceptors (Lipinski definition) is 4. The Balaban J connectivity index is 1.13. The number of piperidine rings is 1. The van der Waals surface area contributed by atoms with Crippen molar-refractivity contribution in [2.45, 2.75) is 18.9 Å². The number of aromatic amines is 1. The maximum Gasteiger partial charge on any atom is 0.326 e. The van der Waals surface area contributed by atoms with Crippen LogP contribution in [0.2, 0.25) is 0 Å². The second-order valence-electron chi connectivity index (χ2n) is 8.67. The molecule has 0 bridgehead atoms. The average molecular weight is 438 g/mol. The minimum Gasteiger partial charge on any atom is -0.368 e. The maximum absolute atomic E-state index is 13.1. The molecule has 0 aliphatic carbocycles. The highest BCUT2D eigenvalue weighted by Crippen LogP contribution is 2.25. The lowest BCUT2D eigenvalue weighted by Crippen LogP contribution is -2.52. The number of para-hydroxylation sites is 2. The van der Waals surface area contributed by atoms with E-state index >= 15 is 0 Å². The number of hydrogen-bond donors (Lipinski definition) is 1. The number of fused-ring (bicyclic) bond motifs is 1. The van der Waals surface area contributed by atoms with Gasteiger partial charge in [-0.1, -0.05) is 12.1 Å². The number of H-pyrrole nitrogens is 1. The van der Waals surface area contributed by atoms with Crippen molar-refractivity contribution in [1.82, 2.24) is 19.4 Å². The summed E-state index contributed by atoms with van der Waals surface area (Å²) in [7, 11) is 0. The van der Waals surface area contributed by atoms with E-state index in [9.17, 15) is 14.0 Å². The molecule has 0 radical (unpaired) electrons. The van der Waals surface area contributed by atoms with Gasteiger partial charge in [0.2, 0.25) is 5.91 Å². The van der Waals surface area contributed by atoms with Gasteiger partial charge in [0, 0.05) is 51.0 Å². The lowest BCUT2D eigenvalue weighted by molar-refractivity contribution is -0.133. The maximum atomic E-state index is 13.1. The van der Waals surface area contributed by atoms with Crippen molar-refractivity contribution >= 4 is 22.6 Å². The Labute approximate surface area is 186 Å². The third-order valence-corrected chi connectivity index (χ3v) is 6.73. The summed E-state index contributed by atoms with van der Waals surface area (Å²) in [6, 6.07) is 14.5. The van der Waals surface area contributed by atoms with E-state index in [-0.39, 0.29) is 23.5 Å². The highest BCUT2D eigenvalue weighted by molar-refractivity contribution is 5.78. The molecule has 3 heterocycles. The second kappa shape index (κ2) is 8.78. The molecule has 1 amide bonds. The SMILES string of the molecule is O=C(CN1CCC(n2c(=O)[nH]c3ccccc32)CC1)N1CCN(c2ccc(F)cc2)CC1. The zero-order chi connectivity index (χ0) is 22.1. The van der Waals surface area contributed by atoms with Gasteiger partial charge >= 0.3 is 5.69 Å². The predicted octanol–water partition coefficient (Wildman–Crippen LogP) is 2.45. The number of carbonyl (C=O) groups is 1. The van der Waals surface area contributed by atoms with Crippen LogP contribution >= 0.6 is 0 Å². The molecule has 7 nitrogen and oxygen atoms in total. The third kappa shape index (κ3) is 4.14. The third-order valence-electron chi connectivity index (χ3n) is 6.73. The quantitative estimate of drug-likeness (QED) is 0.681. The second-order valence-corrected chi connectivity index (χ2v) is 8.67. The number of halogens is 1. The molecule has 0 unspecified atom stereocenters. The van der Waals surface area contributed by atoms with Gasteiger partial charge in [0.05, 0.1) is 17.6 Å². The summed E-state index contributed by atoms with van der Waals surface area (Å²) in [4.78, 5) is 34.6. The van der Waals surface area contributed by atoms with Crippen molar-refractivity contribution in [1.29, 1.82) is 0 Å². The zero-order valence-corrected chi connectivity index (χ0v) is 18.0. The Morgan fingerprint density at radius 1 is 0.938 bits per heavy atom. The molecule has 0 spiro atoms. The molecule has 0 atom stereocenters. The molecule has 2 aromatic carbocycles. The highest BCUT2D eigenvalue weighted by Gasteiger charge is 2.27. The summed E-state index contributed by atoms with van der Waals surface area (Å²) < 4.78 is 15.0. The van der Waals surface area contributed by atoms with Crippen molar-refractivity contribution in [3.63, 3.8) is 0 Å². The van der Waals surface area contributed by atoms with Crippen LogP contribution in [0.3, 0.4) is 0 Å². The Morgan fingerprint density at radius 3 is 2.34 bits per heavy atom. The van der Waals surface area contributed by atoms with Crippen LogP contribution in [-0.2, 0) is 4.79 Å². The summed E-state index contributed by atoms with van der Waals surface area (Å²) in [5, 5.41) is 0. The van der Waals surface area contributed by atoms with E-state index in [1.54, 1.807) is 12.1 Å². The molecule has 2 aliphatic heterocycles. The summed E-state index contributed by atoms with van der Waals surface area (Å²) >= 11 is 0. The topological polar surface area (TPSA) is 64.6 Å². The molecule has 2 saturated heterocycles. The molecule has 2 aliphatic rings. The number of carbonyl (C=O) groups excluding carboxylic acids is 1. The number of imidazole rings is 1. The van der Waals surface area contributed by atoms with E-state index < -0.39 is 0 Å². The number of rotatable bonds is 4. The predicted molar refractivity (Wildman–Crippen MR) is 122 cm³/mol. The molecule has 5 rings (SSSR count). The molecule has 1 aromatic heterocycles. The first-order valence-electron chi connectivity index (χ1n) is 11.3. The lowest BCUT2D eigenvalue weighted by Gasteiger charge is -2.38. The van der Waals surface area contributed by atoms with Crippen molar-refractivity contribution in [3.05, 3.63) is 64.8 Å². The van der Waals surface area contributed by atoms with Crippen molar-refractivity contribution < 1.29 is 9.18 Å². The normalized spacial score (nSPS) is 18.4. The van der Waals surface area contributed by atoms with E-state index in [1.807, 2.05) is 33.7 Å². The number of likely N-dealkylation sites (tertiary alicyclic amines) is 1. The van der Waals surface area contributed by atoms with Crippen LogP contribution in [0.4, 0.5) is 10.1 Å². The molecule has 8 heteroatoms. The molecule has 3 aromatic rings. The lowest BCUT2D eigenvalue weighted by atomic mass is 10.0. The molecule has 1 N–H and O–H groups in total. The van der Waals surface area contributed by atoms with Gasteiger partial charge in [-0.2, -0.15) is 0 Å². The summed E-state index contributed by atoms with van der Waals surface area (Å²) in [5.41, 5.74) is 2.76. The molecule has 2 fully saturated rings. The van der Waals surface area contributed by atoms with Crippen LogP contribution in [-0.4, -0.2) is 71.1 Å².